The molecular weight excluding hydrogens is 526 g/mol. The number of thiazole rings is 1. The van der Waals surface area contributed by atoms with E-state index in [4.69, 9.17) is 4.74 Å². The van der Waals surface area contributed by atoms with Crippen molar-refractivity contribution in [1.29, 1.82) is 0 Å². The molecule has 3 fully saturated rings. The summed E-state index contributed by atoms with van der Waals surface area (Å²) in [5.41, 5.74) is 1.43. The first-order valence-corrected chi connectivity index (χ1v) is 15.2. The zero-order valence-corrected chi connectivity index (χ0v) is 23.4. The molecule has 0 atom stereocenters. The monoisotopic (exact) mass is 563 g/mol. The summed E-state index contributed by atoms with van der Waals surface area (Å²) in [6.45, 7) is 1.88. The van der Waals surface area contributed by atoms with Crippen molar-refractivity contribution in [1.82, 2.24) is 25.6 Å². The lowest BCUT2D eigenvalue weighted by Crippen LogP contribution is -2.39. The van der Waals surface area contributed by atoms with Gasteiger partial charge < -0.3 is 31.1 Å². The van der Waals surface area contributed by atoms with E-state index >= 15 is 0 Å². The van der Waals surface area contributed by atoms with Gasteiger partial charge in [-0.3, -0.25) is 0 Å². The van der Waals surface area contributed by atoms with Crippen molar-refractivity contribution in [3.63, 3.8) is 0 Å². The first kappa shape index (κ1) is 26.9. The van der Waals surface area contributed by atoms with Gasteiger partial charge in [0.05, 0.1) is 4.88 Å². The quantitative estimate of drug-likeness (QED) is 0.249. The Labute approximate surface area is 238 Å². The lowest BCUT2D eigenvalue weighted by molar-refractivity contribution is -0.0389. The Balaban J connectivity index is 1.23. The number of nitrogens with one attached hydrogen (secondary N) is 4. The molecule has 212 valence electrons. The van der Waals surface area contributed by atoms with Crippen LogP contribution in [0.25, 0.3) is 10.4 Å². The molecule has 2 aliphatic carbocycles. The molecule has 0 radical (unpaired) electrons. The number of urea groups is 1. The van der Waals surface area contributed by atoms with Crippen molar-refractivity contribution >= 4 is 34.7 Å². The van der Waals surface area contributed by atoms with E-state index in [1.165, 1.54) is 17.8 Å². The third-order valence-electron chi connectivity index (χ3n) is 7.96. The third-order valence-corrected chi connectivity index (χ3v) is 9.20. The average Bonchev–Trinajstić information content (AvgIpc) is 3.44. The van der Waals surface area contributed by atoms with Gasteiger partial charge in [-0.25, -0.2) is 14.8 Å². The van der Waals surface area contributed by atoms with E-state index in [1.807, 2.05) is 18.2 Å². The summed E-state index contributed by atoms with van der Waals surface area (Å²) in [5, 5.41) is 24.3. The molecule has 0 spiro atoms. The second kappa shape index (κ2) is 12.1. The fourth-order valence-electron chi connectivity index (χ4n) is 5.54. The Bertz CT molecular complexity index is 1320. The number of aliphatic hydroxyl groups is 1. The van der Waals surface area contributed by atoms with Gasteiger partial charge in [-0.2, -0.15) is 4.98 Å². The maximum absolute atomic E-state index is 12.9. The number of hydrogen-bond donors (Lipinski definition) is 5. The zero-order valence-electron chi connectivity index (χ0n) is 22.6. The van der Waals surface area contributed by atoms with Gasteiger partial charge in [0, 0.05) is 35.9 Å². The number of carbonyl (C=O) groups excluding carboxylic acids is 1. The summed E-state index contributed by atoms with van der Waals surface area (Å²) in [6.07, 6.45) is 13.5. The molecule has 2 aromatic heterocycles. The van der Waals surface area contributed by atoms with Crippen molar-refractivity contribution < 1.29 is 14.6 Å². The molecule has 1 aromatic carbocycles. The van der Waals surface area contributed by atoms with E-state index in [9.17, 15) is 9.90 Å². The van der Waals surface area contributed by atoms with Gasteiger partial charge in [-0.15, -0.1) is 11.3 Å². The molecule has 3 aliphatic rings. The highest BCUT2D eigenvalue weighted by molar-refractivity contribution is 7.15. The summed E-state index contributed by atoms with van der Waals surface area (Å²) < 4.78 is 6.10. The number of aromatic nitrogens is 3. The Morgan fingerprint density at radius 3 is 2.60 bits per heavy atom. The summed E-state index contributed by atoms with van der Waals surface area (Å²) in [6, 6.07) is 7.56. The molecule has 0 unspecified atom stereocenters. The van der Waals surface area contributed by atoms with Crippen LogP contribution in [0.4, 0.5) is 22.1 Å². The van der Waals surface area contributed by atoms with Crippen molar-refractivity contribution in [3.05, 3.63) is 41.7 Å². The number of carbonyl (C=O) groups is 1. The lowest BCUT2D eigenvalue weighted by atomic mass is 9.81. The summed E-state index contributed by atoms with van der Waals surface area (Å²) in [5.74, 6) is 0.946. The van der Waals surface area contributed by atoms with E-state index in [-0.39, 0.29) is 18.2 Å². The maximum Gasteiger partial charge on any atom is 0.319 e. The molecule has 3 aromatic rings. The van der Waals surface area contributed by atoms with Gasteiger partial charge in [-0.1, -0.05) is 19.3 Å². The number of hydrogen-bond acceptors (Lipinski definition) is 9. The standard InChI is InChI=1S/C29H37N7O3S/c37-28(34-20-5-2-1-3-6-20)35-22-16-19(24-18-32-26(40-24)29(38)10-4-11-29)15-21(17-22)33-27-31-14-9-25(36-27)39-23-7-12-30-13-8-23/h9,14-18,20,23,30,38H,1-8,10-13H2,(H,31,33,36)(H2,34,35,37). The molecule has 5 N–H and O–H groups in total. The zero-order chi connectivity index (χ0) is 27.4. The van der Waals surface area contributed by atoms with Gasteiger partial charge in [0.15, 0.2) is 0 Å². The smallest absolute Gasteiger partial charge is 0.319 e. The SMILES string of the molecule is O=C(Nc1cc(Nc2nccc(OC3CCNCC3)n2)cc(-c2cnc(C3(O)CCC3)s2)c1)NC1CCCCC1. The number of ether oxygens (including phenoxy) is 1. The first-order valence-electron chi connectivity index (χ1n) is 14.4. The van der Waals surface area contributed by atoms with Crippen LogP contribution >= 0.6 is 11.3 Å². The van der Waals surface area contributed by atoms with E-state index < -0.39 is 5.60 Å². The maximum atomic E-state index is 12.9. The van der Waals surface area contributed by atoms with Crippen molar-refractivity contribution in [2.24, 2.45) is 0 Å². The van der Waals surface area contributed by atoms with E-state index in [1.54, 1.807) is 18.5 Å². The highest BCUT2D eigenvalue weighted by Crippen LogP contribution is 2.44. The first-order chi connectivity index (χ1) is 19.5. The molecule has 0 bridgehead atoms. The van der Waals surface area contributed by atoms with Crippen molar-refractivity contribution in [2.75, 3.05) is 23.7 Å². The van der Waals surface area contributed by atoms with Crippen LogP contribution in [-0.2, 0) is 5.60 Å². The molecule has 2 saturated carbocycles. The second-order valence-corrected chi connectivity index (χ2v) is 12.1. The van der Waals surface area contributed by atoms with Crippen LogP contribution in [0.2, 0.25) is 0 Å². The third kappa shape index (κ3) is 6.54. The molecular formula is C29H37N7O3S. The van der Waals surface area contributed by atoms with Gasteiger partial charge in [0.1, 0.15) is 16.7 Å². The Kier molecular flexibility index (Phi) is 8.12. The normalized spacial score (nSPS) is 19.4. The van der Waals surface area contributed by atoms with Gasteiger partial charge >= 0.3 is 6.03 Å². The summed E-state index contributed by atoms with van der Waals surface area (Å²) in [7, 11) is 0. The van der Waals surface area contributed by atoms with Gasteiger partial charge in [0.25, 0.3) is 0 Å². The predicted molar refractivity (Wildman–Crippen MR) is 156 cm³/mol. The van der Waals surface area contributed by atoms with Crippen LogP contribution in [-0.4, -0.2) is 51.3 Å². The van der Waals surface area contributed by atoms with Crippen LogP contribution in [0.1, 0.15) is 69.2 Å². The van der Waals surface area contributed by atoms with Crippen molar-refractivity contribution in [3.8, 4) is 16.3 Å². The molecule has 1 aliphatic heterocycles. The van der Waals surface area contributed by atoms with Crippen LogP contribution in [0.5, 0.6) is 5.88 Å². The number of anilines is 3. The second-order valence-electron chi connectivity index (χ2n) is 11.1. The lowest BCUT2D eigenvalue weighted by Gasteiger charge is -2.34. The molecule has 6 rings (SSSR count). The Hall–Kier alpha value is -3.28. The van der Waals surface area contributed by atoms with E-state index in [0.29, 0.717) is 17.5 Å². The minimum absolute atomic E-state index is 0.136. The number of benzene rings is 1. The molecule has 3 heterocycles. The van der Waals surface area contributed by atoms with Gasteiger partial charge in [0.2, 0.25) is 11.8 Å². The van der Waals surface area contributed by atoms with Crippen LogP contribution in [0.15, 0.2) is 36.7 Å². The van der Waals surface area contributed by atoms with Gasteiger partial charge in [-0.05, 0) is 81.8 Å². The molecule has 11 heteroatoms. The van der Waals surface area contributed by atoms with Crippen molar-refractivity contribution in [2.45, 2.75) is 82.0 Å². The highest BCUT2D eigenvalue weighted by Gasteiger charge is 2.39. The number of piperidine rings is 1. The number of rotatable bonds is 8. The molecule has 1 saturated heterocycles. The minimum atomic E-state index is -0.817. The largest absolute Gasteiger partial charge is 0.474 e. The molecule has 2 amide bonds. The minimum Gasteiger partial charge on any atom is -0.474 e. The Morgan fingerprint density at radius 1 is 1.02 bits per heavy atom. The Morgan fingerprint density at radius 2 is 1.82 bits per heavy atom. The van der Waals surface area contributed by atoms with E-state index in [2.05, 4.69) is 36.2 Å². The predicted octanol–water partition coefficient (Wildman–Crippen LogP) is 5.30. The van der Waals surface area contributed by atoms with Crippen LogP contribution in [0.3, 0.4) is 0 Å². The number of amides is 2. The molecule has 10 nitrogen and oxygen atoms in total. The fraction of sp³-hybridized carbons (Fsp3) is 0.517. The van der Waals surface area contributed by atoms with Crippen LogP contribution in [0, 0.1) is 0 Å². The molecule has 40 heavy (non-hydrogen) atoms. The summed E-state index contributed by atoms with van der Waals surface area (Å²) >= 11 is 1.49. The topological polar surface area (TPSA) is 133 Å². The van der Waals surface area contributed by atoms with Crippen LogP contribution < -0.4 is 26.0 Å². The number of nitrogens with zero attached hydrogens (tertiary/aromatic N) is 3. The highest BCUT2D eigenvalue weighted by atomic mass is 32.1. The fourth-order valence-corrected chi connectivity index (χ4v) is 6.59. The van der Waals surface area contributed by atoms with E-state index in [0.717, 1.165) is 92.0 Å². The average molecular weight is 564 g/mol. The summed E-state index contributed by atoms with van der Waals surface area (Å²) in [4.78, 5) is 27.3.